The van der Waals surface area contributed by atoms with Crippen molar-refractivity contribution in [1.82, 2.24) is 29.9 Å². The Morgan fingerprint density at radius 3 is 2.78 bits per heavy atom. The zero-order chi connectivity index (χ0) is 25.6. The number of hydrogen-bond acceptors (Lipinski definition) is 7. The maximum Gasteiger partial charge on any atom is 0.253 e. The lowest BCUT2D eigenvalue weighted by molar-refractivity contribution is -0.0200. The molecule has 10 nitrogen and oxygen atoms in total. The van der Waals surface area contributed by atoms with E-state index in [1.807, 2.05) is 12.1 Å². The quantitative estimate of drug-likeness (QED) is 0.439. The summed E-state index contributed by atoms with van der Waals surface area (Å²) in [4.78, 5) is 21.8. The average molecular weight is 506 g/mol. The molecule has 2 fully saturated rings. The number of pyridine rings is 1. The van der Waals surface area contributed by atoms with Crippen LogP contribution in [0.2, 0.25) is 0 Å². The summed E-state index contributed by atoms with van der Waals surface area (Å²) in [6.45, 7) is 4.64. The molecule has 1 aromatic carbocycles. The van der Waals surface area contributed by atoms with Gasteiger partial charge in [-0.3, -0.25) is 9.89 Å². The van der Waals surface area contributed by atoms with Crippen molar-refractivity contribution in [3.8, 4) is 5.82 Å². The van der Waals surface area contributed by atoms with Crippen LogP contribution >= 0.6 is 0 Å². The second kappa shape index (κ2) is 9.24. The summed E-state index contributed by atoms with van der Waals surface area (Å²) < 4.78 is 21.0. The van der Waals surface area contributed by atoms with Crippen LogP contribution in [0.5, 0.6) is 0 Å². The van der Waals surface area contributed by atoms with Crippen molar-refractivity contribution in [2.45, 2.75) is 31.4 Å². The molecule has 1 amide bonds. The first-order chi connectivity index (χ1) is 17.9. The van der Waals surface area contributed by atoms with Crippen molar-refractivity contribution in [3.05, 3.63) is 65.7 Å². The average Bonchev–Trinajstić information content (AvgIpc) is 3.58. The maximum atomic E-state index is 13.7. The third kappa shape index (κ3) is 4.23. The Labute approximate surface area is 212 Å². The first-order valence-corrected chi connectivity index (χ1v) is 12.4. The van der Waals surface area contributed by atoms with Gasteiger partial charge >= 0.3 is 0 Å². The fourth-order valence-corrected chi connectivity index (χ4v) is 5.28. The van der Waals surface area contributed by atoms with Gasteiger partial charge in [0.15, 0.2) is 11.5 Å². The Bertz CT molecular complexity index is 1430. The molecule has 0 bridgehead atoms. The topological polar surface area (TPSA) is 112 Å². The molecule has 2 N–H and O–H groups in total. The largest absolute Gasteiger partial charge is 0.385 e. The number of hydrogen-bond donors (Lipinski definition) is 2. The van der Waals surface area contributed by atoms with Gasteiger partial charge in [0.2, 0.25) is 0 Å². The number of likely N-dealkylation sites (tertiary alicyclic amines) is 1. The summed E-state index contributed by atoms with van der Waals surface area (Å²) in [6.07, 6.45) is 4.03. The number of aromatic amines is 1. The van der Waals surface area contributed by atoms with Gasteiger partial charge in [-0.2, -0.15) is 14.9 Å². The highest BCUT2D eigenvalue weighted by molar-refractivity contribution is 5.94. The van der Waals surface area contributed by atoms with Crippen molar-refractivity contribution in [1.29, 1.82) is 0 Å². The zero-order valence-electron chi connectivity index (χ0n) is 20.5. The SMILES string of the molecule is C[C@@H]1COCCN1c1cc(C2(O)CCN(C(=O)c3cccc(F)c3)CC2)c2cnn(-c3ccn[nH]3)c2n1. The third-order valence-electron chi connectivity index (χ3n) is 7.35. The van der Waals surface area contributed by atoms with Gasteiger partial charge < -0.3 is 19.6 Å². The highest BCUT2D eigenvalue weighted by Crippen LogP contribution is 2.39. The van der Waals surface area contributed by atoms with E-state index < -0.39 is 11.4 Å². The molecule has 0 spiro atoms. The second-order valence-electron chi connectivity index (χ2n) is 9.72. The van der Waals surface area contributed by atoms with E-state index in [1.54, 1.807) is 28.0 Å². The number of fused-ring (bicyclic) bond motifs is 1. The number of carbonyl (C=O) groups excluding carboxylic acids is 1. The molecule has 1 atom stereocenters. The molecule has 0 radical (unpaired) electrons. The van der Waals surface area contributed by atoms with Gasteiger partial charge in [0.25, 0.3) is 5.91 Å². The van der Waals surface area contributed by atoms with Crippen molar-refractivity contribution < 1.29 is 19.0 Å². The molecule has 2 saturated heterocycles. The third-order valence-corrected chi connectivity index (χ3v) is 7.35. The molecule has 192 valence electrons. The lowest BCUT2D eigenvalue weighted by atomic mass is 9.83. The number of aromatic nitrogens is 5. The van der Waals surface area contributed by atoms with Gasteiger partial charge in [0.05, 0.1) is 37.3 Å². The number of benzene rings is 1. The zero-order valence-corrected chi connectivity index (χ0v) is 20.5. The standard InChI is InChI=1S/C26H28FN7O3/c1-17-16-37-12-11-33(17)23-14-21(20-15-29-34(24(20)30-23)22-5-8-28-31-22)26(36)6-9-32(10-7-26)25(35)18-3-2-4-19(27)13-18/h2-5,8,13-15,17,36H,6-7,9-12,16H2,1H3,(H,28,31)/t17-/m1/s1. The highest BCUT2D eigenvalue weighted by Gasteiger charge is 2.38. The van der Waals surface area contributed by atoms with Gasteiger partial charge in [-0.05, 0) is 49.6 Å². The lowest BCUT2D eigenvalue weighted by Crippen LogP contribution is -2.46. The molecule has 0 saturated carbocycles. The highest BCUT2D eigenvalue weighted by atomic mass is 19.1. The summed E-state index contributed by atoms with van der Waals surface area (Å²) >= 11 is 0. The Hall–Kier alpha value is -3.83. The molecule has 3 aromatic heterocycles. The minimum atomic E-state index is -1.19. The first kappa shape index (κ1) is 23.6. The number of nitrogens with one attached hydrogen (secondary N) is 1. The summed E-state index contributed by atoms with van der Waals surface area (Å²) in [5, 5.41) is 24.2. The van der Waals surface area contributed by atoms with E-state index >= 15 is 0 Å². The van der Waals surface area contributed by atoms with Crippen LogP contribution in [-0.2, 0) is 10.3 Å². The number of aliphatic hydroxyl groups is 1. The van der Waals surface area contributed by atoms with Crippen LogP contribution in [0, 0.1) is 5.82 Å². The van der Waals surface area contributed by atoms with E-state index in [4.69, 9.17) is 9.72 Å². The molecule has 0 unspecified atom stereocenters. The van der Waals surface area contributed by atoms with Gasteiger partial charge in [0, 0.05) is 36.7 Å². The summed E-state index contributed by atoms with van der Waals surface area (Å²) in [7, 11) is 0. The summed E-state index contributed by atoms with van der Waals surface area (Å²) in [6, 6.07) is 9.58. The van der Waals surface area contributed by atoms with Crippen molar-refractivity contribution in [2.24, 2.45) is 0 Å². The second-order valence-corrected chi connectivity index (χ2v) is 9.72. The van der Waals surface area contributed by atoms with E-state index in [9.17, 15) is 14.3 Å². The van der Waals surface area contributed by atoms with Gasteiger partial charge in [-0.15, -0.1) is 0 Å². The Morgan fingerprint density at radius 2 is 2.05 bits per heavy atom. The molecule has 37 heavy (non-hydrogen) atoms. The molecule has 6 rings (SSSR count). The smallest absolute Gasteiger partial charge is 0.253 e. The lowest BCUT2D eigenvalue weighted by Gasteiger charge is -2.40. The van der Waals surface area contributed by atoms with Crippen LogP contribution < -0.4 is 4.90 Å². The maximum absolute atomic E-state index is 13.7. The molecule has 0 aliphatic carbocycles. The fourth-order valence-electron chi connectivity index (χ4n) is 5.28. The van der Waals surface area contributed by atoms with Crippen molar-refractivity contribution >= 4 is 22.8 Å². The number of rotatable bonds is 4. The van der Waals surface area contributed by atoms with Gasteiger partial charge in [0.1, 0.15) is 11.6 Å². The molecule has 2 aliphatic rings. The number of amides is 1. The number of anilines is 1. The minimum Gasteiger partial charge on any atom is -0.385 e. The van der Waals surface area contributed by atoms with E-state index in [0.29, 0.717) is 62.7 Å². The van der Waals surface area contributed by atoms with E-state index in [0.717, 1.165) is 16.8 Å². The Balaban J connectivity index is 1.36. The number of piperidine rings is 1. The molecule has 11 heteroatoms. The Morgan fingerprint density at radius 1 is 1.22 bits per heavy atom. The number of H-pyrrole nitrogens is 1. The first-order valence-electron chi connectivity index (χ1n) is 12.4. The fraction of sp³-hybridized carbons (Fsp3) is 0.385. The van der Waals surface area contributed by atoms with E-state index in [-0.39, 0.29) is 11.9 Å². The number of carbonyl (C=O) groups is 1. The number of morpholine rings is 1. The normalized spacial score (nSPS) is 19.9. The molecule has 5 heterocycles. The molecule has 4 aromatic rings. The predicted octanol–water partition coefficient (Wildman–Crippen LogP) is 2.63. The van der Waals surface area contributed by atoms with Gasteiger partial charge in [-0.25, -0.2) is 9.37 Å². The van der Waals surface area contributed by atoms with Crippen molar-refractivity contribution in [2.75, 3.05) is 37.7 Å². The molecular formula is C26H28FN7O3. The monoisotopic (exact) mass is 505 g/mol. The van der Waals surface area contributed by atoms with Crippen LogP contribution in [-0.4, -0.2) is 79.8 Å². The number of nitrogens with zero attached hydrogens (tertiary/aromatic N) is 6. The van der Waals surface area contributed by atoms with E-state index in [2.05, 4.69) is 27.1 Å². The summed E-state index contributed by atoms with van der Waals surface area (Å²) in [5.74, 6) is 0.725. The van der Waals surface area contributed by atoms with E-state index in [1.165, 1.54) is 18.2 Å². The van der Waals surface area contributed by atoms with Gasteiger partial charge in [-0.1, -0.05) is 6.07 Å². The number of ether oxygens (including phenoxy) is 1. The Kier molecular flexibility index (Phi) is 5.88. The number of halogens is 1. The van der Waals surface area contributed by atoms with Crippen LogP contribution in [0.1, 0.15) is 35.7 Å². The van der Waals surface area contributed by atoms with Crippen LogP contribution in [0.15, 0.2) is 48.8 Å². The predicted molar refractivity (Wildman–Crippen MR) is 134 cm³/mol. The van der Waals surface area contributed by atoms with Crippen molar-refractivity contribution in [3.63, 3.8) is 0 Å². The minimum absolute atomic E-state index is 0.121. The van der Waals surface area contributed by atoms with Crippen LogP contribution in [0.3, 0.4) is 0 Å². The van der Waals surface area contributed by atoms with Crippen LogP contribution in [0.25, 0.3) is 16.9 Å². The summed E-state index contributed by atoms with van der Waals surface area (Å²) in [5.41, 5.74) is 0.463. The molecule has 2 aliphatic heterocycles. The molecular weight excluding hydrogens is 477 g/mol. The van der Waals surface area contributed by atoms with Crippen LogP contribution in [0.4, 0.5) is 10.2 Å².